The van der Waals surface area contributed by atoms with Gasteiger partial charge in [-0.25, -0.2) is 4.79 Å². The van der Waals surface area contributed by atoms with Gasteiger partial charge in [0.25, 0.3) is 0 Å². The standard InChI is InChI=1S/C12H17NO3/c1-4-6-9-11(12(15)16-5-2)10(14)7-8(3)13-9/h7H,4-6H2,1-3H3,(H,13,14). The minimum Gasteiger partial charge on any atom is -0.462 e. The normalized spacial score (nSPS) is 10.2. The molecule has 1 N–H and O–H groups in total. The second-order valence-corrected chi connectivity index (χ2v) is 3.64. The van der Waals surface area contributed by atoms with Crippen LogP contribution in [0.4, 0.5) is 0 Å². The van der Waals surface area contributed by atoms with E-state index in [1.165, 1.54) is 6.07 Å². The Morgan fingerprint density at radius 2 is 2.12 bits per heavy atom. The Labute approximate surface area is 94.6 Å². The van der Waals surface area contributed by atoms with Crippen LogP contribution in [0.2, 0.25) is 0 Å². The summed E-state index contributed by atoms with van der Waals surface area (Å²) < 4.78 is 4.88. The summed E-state index contributed by atoms with van der Waals surface area (Å²) in [7, 11) is 0. The Morgan fingerprint density at radius 3 is 2.69 bits per heavy atom. The fraction of sp³-hybridized carbons (Fsp3) is 0.500. The Bertz CT molecular complexity index is 434. The number of esters is 1. The molecular formula is C12H17NO3. The number of hydrogen-bond acceptors (Lipinski definition) is 3. The summed E-state index contributed by atoms with van der Waals surface area (Å²) in [4.78, 5) is 26.4. The van der Waals surface area contributed by atoms with Crippen molar-refractivity contribution in [2.75, 3.05) is 6.61 Å². The van der Waals surface area contributed by atoms with Gasteiger partial charge in [-0.3, -0.25) is 4.79 Å². The molecule has 0 aliphatic rings. The van der Waals surface area contributed by atoms with Crippen LogP contribution in [0.1, 0.15) is 42.0 Å². The third kappa shape index (κ3) is 2.72. The van der Waals surface area contributed by atoms with E-state index in [1.807, 2.05) is 6.92 Å². The smallest absolute Gasteiger partial charge is 0.343 e. The van der Waals surface area contributed by atoms with Gasteiger partial charge in [-0.2, -0.15) is 0 Å². The fourth-order valence-corrected chi connectivity index (χ4v) is 1.62. The van der Waals surface area contributed by atoms with Crippen LogP contribution in [0.15, 0.2) is 10.9 Å². The highest BCUT2D eigenvalue weighted by Crippen LogP contribution is 2.07. The predicted octanol–water partition coefficient (Wildman–Crippen LogP) is 1.81. The van der Waals surface area contributed by atoms with Crippen molar-refractivity contribution >= 4 is 5.97 Å². The van der Waals surface area contributed by atoms with E-state index >= 15 is 0 Å². The van der Waals surface area contributed by atoms with Crippen LogP contribution >= 0.6 is 0 Å². The van der Waals surface area contributed by atoms with Gasteiger partial charge in [-0.05, 0) is 20.3 Å². The van der Waals surface area contributed by atoms with Gasteiger partial charge in [0.15, 0.2) is 5.43 Å². The molecule has 0 fully saturated rings. The molecule has 88 valence electrons. The average molecular weight is 223 g/mol. The van der Waals surface area contributed by atoms with E-state index in [4.69, 9.17) is 4.74 Å². The molecule has 0 aromatic carbocycles. The van der Waals surface area contributed by atoms with Gasteiger partial charge in [-0.15, -0.1) is 0 Å². The number of pyridine rings is 1. The van der Waals surface area contributed by atoms with E-state index in [0.29, 0.717) is 12.1 Å². The van der Waals surface area contributed by atoms with Gasteiger partial charge in [-0.1, -0.05) is 13.3 Å². The number of carbonyl (C=O) groups is 1. The zero-order valence-corrected chi connectivity index (χ0v) is 9.92. The molecule has 0 saturated carbocycles. The molecule has 16 heavy (non-hydrogen) atoms. The second kappa shape index (κ2) is 5.49. The zero-order chi connectivity index (χ0) is 12.1. The lowest BCUT2D eigenvalue weighted by Gasteiger charge is -2.08. The summed E-state index contributed by atoms with van der Waals surface area (Å²) in [5.41, 5.74) is 1.32. The lowest BCUT2D eigenvalue weighted by atomic mass is 10.1. The molecule has 1 aromatic heterocycles. The van der Waals surface area contributed by atoms with E-state index in [2.05, 4.69) is 4.98 Å². The van der Waals surface area contributed by atoms with Crippen LogP contribution in [-0.4, -0.2) is 17.6 Å². The van der Waals surface area contributed by atoms with Crippen LogP contribution in [0.25, 0.3) is 0 Å². The monoisotopic (exact) mass is 223 g/mol. The highest BCUT2D eigenvalue weighted by Gasteiger charge is 2.17. The van der Waals surface area contributed by atoms with Crippen LogP contribution in [-0.2, 0) is 11.2 Å². The summed E-state index contributed by atoms with van der Waals surface area (Å²) in [6.07, 6.45) is 1.54. The summed E-state index contributed by atoms with van der Waals surface area (Å²) >= 11 is 0. The quantitative estimate of drug-likeness (QED) is 0.792. The predicted molar refractivity (Wildman–Crippen MR) is 61.8 cm³/mol. The van der Waals surface area contributed by atoms with Crippen LogP contribution in [0.3, 0.4) is 0 Å². The first kappa shape index (κ1) is 12.5. The number of aromatic amines is 1. The van der Waals surface area contributed by atoms with Crippen molar-refractivity contribution in [2.24, 2.45) is 0 Å². The summed E-state index contributed by atoms with van der Waals surface area (Å²) in [5, 5.41) is 0. The second-order valence-electron chi connectivity index (χ2n) is 3.64. The van der Waals surface area contributed by atoms with Crippen molar-refractivity contribution < 1.29 is 9.53 Å². The molecule has 0 amide bonds. The zero-order valence-electron chi connectivity index (χ0n) is 9.92. The molecule has 1 heterocycles. The van der Waals surface area contributed by atoms with Gasteiger partial charge in [0.1, 0.15) is 5.56 Å². The highest BCUT2D eigenvalue weighted by molar-refractivity contribution is 5.90. The first-order valence-corrected chi connectivity index (χ1v) is 5.50. The maximum absolute atomic E-state index is 11.7. The molecule has 0 atom stereocenters. The van der Waals surface area contributed by atoms with Gasteiger partial charge >= 0.3 is 5.97 Å². The molecule has 0 aliphatic heterocycles. The number of carbonyl (C=O) groups excluding carboxylic acids is 1. The van der Waals surface area contributed by atoms with Gasteiger partial charge < -0.3 is 9.72 Å². The van der Waals surface area contributed by atoms with Crippen molar-refractivity contribution in [1.29, 1.82) is 0 Å². The molecule has 0 saturated heterocycles. The van der Waals surface area contributed by atoms with E-state index in [1.54, 1.807) is 13.8 Å². The molecule has 0 aliphatic carbocycles. The number of H-pyrrole nitrogens is 1. The number of aryl methyl sites for hydroxylation is 2. The Hall–Kier alpha value is -1.58. The molecule has 0 spiro atoms. The van der Waals surface area contributed by atoms with Crippen LogP contribution in [0.5, 0.6) is 0 Å². The number of rotatable bonds is 4. The lowest BCUT2D eigenvalue weighted by Crippen LogP contribution is -2.21. The minimum absolute atomic E-state index is 0.148. The Balaban J connectivity index is 3.23. The molecule has 0 bridgehead atoms. The molecule has 0 unspecified atom stereocenters. The molecule has 1 rings (SSSR count). The first-order chi connectivity index (χ1) is 7.60. The molecule has 4 nitrogen and oxygen atoms in total. The molecule has 1 aromatic rings. The van der Waals surface area contributed by atoms with Crippen molar-refractivity contribution in [2.45, 2.75) is 33.6 Å². The third-order valence-electron chi connectivity index (χ3n) is 2.22. The van der Waals surface area contributed by atoms with E-state index in [0.717, 1.165) is 12.1 Å². The van der Waals surface area contributed by atoms with Crippen molar-refractivity contribution in [3.8, 4) is 0 Å². The number of ether oxygens (including phenoxy) is 1. The summed E-state index contributed by atoms with van der Waals surface area (Å²) in [6.45, 7) is 5.79. The number of hydrogen-bond donors (Lipinski definition) is 1. The van der Waals surface area contributed by atoms with E-state index in [-0.39, 0.29) is 17.6 Å². The largest absolute Gasteiger partial charge is 0.462 e. The van der Waals surface area contributed by atoms with Gasteiger partial charge in [0, 0.05) is 17.5 Å². The molecule has 4 heteroatoms. The SMILES string of the molecule is CCCc1[nH]c(C)cc(=O)c1C(=O)OCC. The fourth-order valence-electron chi connectivity index (χ4n) is 1.62. The molecular weight excluding hydrogens is 206 g/mol. The summed E-state index contributed by atoms with van der Waals surface area (Å²) in [5.74, 6) is -0.535. The van der Waals surface area contributed by atoms with Crippen molar-refractivity contribution in [3.63, 3.8) is 0 Å². The number of aromatic nitrogens is 1. The Morgan fingerprint density at radius 1 is 1.44 bits per heavy atom. The summed E-state index contributed by atoms with van der Waals surface area (Å²) in [6, 6.07) is 1.42. The van der Waals surface area contributed by atoms with E-state index in [9.17, 15) is 9.59 Å². The van der Waals surface area contributed by atoms with Crippen molar-refractivity contribution in [1.82, 2.24) is 4.98 Å². The Kier molecular flexibility index (Phi) is 4.28. The minimum atomic E-state index is -0.535. The topological polar surface area (TPSA) is 59.2 Å². The van der Waals surface area contributed by atoms with Crippen LogP contribution in [0, 0.1) is 6.92 Å². The van der Waals surface area contributed by atoms with Gasteiger partial charge in [0.05, 0.1) is 6.61 Å². The first-order valence-electron chi connectivity index (χ1n) is 5.50. The number of nitrogens with one attached hydrogen (secondary N) is 1. The van der Waals surface area contributed by atoms with Crippen molar-refractivity contribution in [3.05, 3.63) is 33.2 Å². The highest BCUT2D eigenvalue weighted by atomic mass is 16.5. The maximum atomic E-state index is 11.7. The van der Waals surface area contributed by atoms with Gasteiger partial charge in [0.2, 0.25) is 0 Å². The maximum Gasteiger partial charge on any atom is 0.343 e. The third-order valence-corrected chi connectivity index (χ3v) is 2.22. The average Bonchev–Trinajstić information content (AvgIpc) is 2.17. The van der Waals surface area contributed by atoms with E-state index < -0.39 is 5.97 Å². The van der Waals surface area contributed by atoms with Crippen LogP contribution < -0.4 is 5.43 Å². The lowest BCUT2D eigenvalue weighted by molar-refractivity contribution is 0.0523. The molecule has 0 radical (unpaired) electrons.